The number of hydrogen-bond acceptors (Lipinski definition) is 5. The number of aromatic carboxylic acids is 1. The Morgan fingerprint density at radius 2 is 1.63 bits per heavy atom. The SMILES string of the molecule is COc1cc2c(cc1OC)-c1c(C(=O)O)c(-c3cccc(C(=O)N4CCN(CC5CCCCC5)CC4)c3)c(C)n1CC2.Cl. The largest absolute Gasteiger partial charge is 0.493 e. The van der Waals surface area contributed by atoms with Gasteiger partial charge in [-0.2, -0.15) is 0 Å². The molecule has 1 aliphatic carbocycles. The van der Waals surface area contributed by atoms with Gasteiger partial charge in [-0.05, 0) is 67.5 Å². The second-order valence-corrected chi connectivity index (χ2v) is 11.9. The van der Waals surface area contributed by atoms with Crippen molar-refractivity contribution in [3.63, 3.8) is 0 Å². The van der Waals surface area contributed by atoms with Crippen molar-refractivity contribution in [3.8, 4) is 33.9 Å². The normalized spacial score (nSPS) is 17.0. The Bertz CT molecular complexity index is 1500. The molecule has 2 aliphatic heterocycles. The van der Waals surface area contributed by atoms with Gasteiger partial charge in [0.2, 0.25) is 0 Å². The summed E-state index contributed by atoms with van der Waals surface area (Å²) in [6, 6.07) is 11.3. The molecule has 230 valence electrons. The average Bonchev–Trinajstić information content (AvgIpc) is 3.33. The lowest BCUT2D eigenvalue weighted by Crippen LogP contribution is -2.49. The summed E-state index contributed by atoms with van der Waals surface area (Å²) >= 11 is 0. The lowest BCUT2D eigenvalue weighted by atomic mass is 9.89. The number of rotatable bonds is 7. The van der Waals surface area contributed by atoms with Crippen molar-refractivity contribution in [2.45, 2.75) is 52.0 Å². The Hall–Kier alpha value is -3.49. The van der Waals surface area contributed by atoms with Gasteiger partial charge in [-0.1, -0.05) is 31.4 Å². The molecule has 0 bridgehead atoms. The molecule has 43 heavy (non-hydrogen) atoms. The summed E-state index contributed by atoms with van der Waals surface area (Å²) in [6.45, 7) is 7.03. The van der Waals surface area contributed by atoms with Crippen LogP contribution in [0.3, 0.4) is 0 Å². The molecule has 1 amide bonds. The van der Waals surface area contributed by atoms with E-state index in [1.807, 2.05) is 48.2 Å². The summed E-state index contributed by atoms with van der Waals surface area (Å²) in [6.07, 6.45) is 7.49. The van der Waals surface area contributed by atoms with Crippen LogP contribution >= 0.6 is 12.4 Å². The smallest absolute Gasteiger partial charge is 0.338 e. The number of aromatic nitrogens is 1. The van der Waals surface area contributed by atoms with Crippen molar-refractivity contribution < 1.29 is 24.2 Å². The predicted molar refractivity (Wildman–Crippen MR) is 170 cm³/mol. The number of carbonyl (C=O) groups is 2. The fourth-order valence-corrected chi connectivity index (χ4v) is 7.30. The molecule has 1 aromatic heterocycles. The molecule has 1 N–H and O–H groups in total. The zero-order valence-corrected chi connectivity index (χ0v) is 26.2. The summed E-state index contributed by atoms with van der Waals surface area (Å²) in [5.41, 5.74) is 5.67. The number of halogens is 1. The van der Waals surface area contributed by atoms with E-state index in [9.17, 15) is 14.7 Å². The van der Waals surface area contributed by atoms with Gasteiger partial charge in [0.25, 0.3) is 5.91 Å². The molecule has 3 heterocycles. The maximum Gasteiger partial charge on any atom is 0.338 e. The van der Waals surface area contributed by atoms with Gasteiger partial charge in [-0.25, -0.2) is 4.79 Å². The number of nitrogens with zero attached hydrogens (tertiary/aromatic N) is 3. The van der Waals surface area contributed by atoms with Crippen molar-refractivity contribution in [1.29, 1.82) is 0 Å². The van der Waals surface area contributed by atoms with E-state index >= 15 is 0 Å². The zero-order valence-electron chi connectivity index (χ0n) is 25.4. The standard InChI is InChI=1S/C34H41N3O5.ClH/c1-22-30(31(34(39)40)32-27-20-29(42-3)28(41-2)19-24(27)12-13-37(22)32)25-10-7-11-26(18-25)33(38)36-16-14-35(15-17-36)21-23-8-5-4-6-9-23;/h7,10-11,18-20,23H,4-6,8-9,12-17,21H2,1-3H3,(H,39,40);1H. The maximum absolute atomic E-state index is 13.6. The molecule has 0 spiro atoms. The molecule has 0 unspecified atom stereocenters. The fourth-order valence-electron chi connectivity index (χ4n) is 7.30. The summed E-state index contributed by atoms with van der Waals surface area (Å²) in [7, 11) is 3.19. The van der Waals surface area contributed by atoms with Crippen LogP contribution in [0.15, 0.2) is 36.4 Å². The van der Waals surface area contributed by atoms with E-state index in [1.165, 1.54) is 32.1 Å². The molecule has 2 fully saturated rings. The number of methoxy groups -OCH3 is 2. The van der Waals surface area contributed by atoms with Gasteiger partial charge in [0.1, 0.15) is 0 Å². The van der Waals surface area contributed by atoms with E-state index in [0.29, 0.717) is 34.9 Å². The highest BCUT2D eigenvalue weighted by Crippen LogP contribution is 2.45. The van der Waals surface area contributed by atoms with Crippen LogP contribution in [-0.4, -0.2) is 78.3 Å². The summed E-state index contributed by atoms with van der Waals surface area (Å²) in [5, 5.41) is 10.5. The van der Waals surface area contributed by atoms with E-state index in [2.05, 4.69) is 9.47 Å². The van der Waals surface area contributed by atoms with Crippen molar-refractivity contribution in [1.82, 2.24) is 14.4 Å². The van der Waals surface area contributed by atoms with Crippen LogP contribution in [0, 0.1) is 12.8 Å². The van der Waals surface area contributed by atoms with Crippen LogP contribution in [0.5, 0.6) is 11.5 Å². The molecule has 3 aliphatic rings. The van der Waals surface area contributed by atoms with Crippen molar-refractivity contribution >= 4 is 24.3 Å². The number of benzene rings is 2. The molecular formula is C34H42ClN3O5. The van der Waals surface area contributed by atoms with Crippen molar-refractivity contribution in [3.05, 3.63) is 58.8 Å². The Kier molecular flexibility index (Phi) is 9.37. The minimum atomic E-state index is -0.990. The van der Waals surface area contributed by atoms with Crippen molar-refractivity contribution in [2.24, 2.45) is 5.92 Å². The highest BCUT2D eigenvalue weighted by molar-refractivity contribution is 6.05. The lowest BCUT2D eigenvalue weighted by molar-refractivity contribution is 0.0605. The first-order valence-electron chi connectivity index (χ1n) is 15.2. The number of hydrogen-bond donors (Lipinski definition) is 1. The Balaban J connectivity index is 0.00000368. The number of carbonyl (C=O) groups excluding carboxylic acids is 1. The van der Waals surface area contributed by atoms with E-state index in [-0.39, 0.29) is 23.9 Å². The monoisotopic (exact) mass is 607 g/mol. The topological polar surface area (TPSA) is 84.2 Å². The van der Waals surface area contributed by atoms with E-state index in [0.717, 1.165) is 67.4 Å². The zero-order chi connectivity index (χ0) is 29.4. The second-order valence-electron chi connectivity index (χ2n) is 11.9. The first-order valence-corrected chi connectivity index (χ1v) is 15.2. The molecule has 9 heteroatoms. The number of ether oxygens (including phenoxy) is 2. The molecule has 1 saturated carbocycles. The second kappa shape index (κ2) is 13.0. The first kappa shape index (κ1) is 31.0. The Morgan fingerprint density at radius 3 is 2.30 bits per heavy atom. The summed E-state index contributed by atoms with van der Waals surface area (Å²) in [5.74, 6) is 1.01. The van der Waals surface area contributed by atoms with Crippen LogP contribution < -0.4 is 9.47 Å². The molecule has 2 aromatic carbocycles. The van der Waals surface area contributed by atoms with Gasteiger partial charge in [-0.15, -0.1) is 12.4 Å². The summed E-state index contributed by atoms with van der Waals surface area (Å²) in [4.78, 5) is 31.0. The minimum absolute atomic E-state index is 0. The van der Waals surface area contributed by atoms with Gasteiger partial charge in [-0.3, -0.25) is 9.69 Å². The Labute approximate surface area is 260 Å². The maximum atomic E-state index is 13.6. The first-order chi connectivity index (χ1) is 20.4. The number of carboxylic acids is 1. The molecular weight excluding hydrogens is 566 g/mol. The molecule has 8 nitrogen and oxygen atoms in total. The third-order valence-electron chi connectivity index (χ3n) is 9.51. The van der Waals surface area contributed by atoms with Gasteiger partial charge < -0.3 is 24.0 Å². The van der Waals surface area contributed by atoms with E-state index in [1.54, 1.807) is 14.2 Å². The number of piperazine rings is 1. The average molecular weight is 608 g/mol. The highest BCUT2D eigenvalue weighted by atomic mass is 35.5. The number of amides is 1. The Morgan fingerprint density at radius 1 is 0.930 bits per heavy atom. The van der Waals surface area contributed by atoms with Crippen LogP contribution in [-0.2, 0) is 13.0 Å². The molecule has 1 saturated heterocycles. The predicted octanol–water partition coefficient (Wildman–Crippen LogP) is 6.16. The minimum Gasteiger partial charge on any atom is -0.493 e. The van der Waals surface area contributed by atoms with Gasteiger partial charge in [0.05, 0.1) is 25.5 Å². The van der Waals surface area contributed by atoms with E-state index < -0.39 is 5.97 Å². The highest BCUT2D eigenvalue weighted by Gasteiger charge is 2.32. The number of carboxylic acid groups (broad SMARTS) is 1. The fraction of sp³-hybridized carbons (Fsp3) is 0.471. The van der Waals surface area contributed by atoms with Crippen LogP contribution in [0.1, 0.15) is 64.1 Å². The summed E-state index contributed by atoms with van der Waals surface area (Å²) < 4.78 is 13.2. The van der Waals surface area contributed by atoms with Crippen LogP contribution in [0.2, 0.25) is 0 Å². The van der Waals surface area contributed by atoms with Crippen LogP contribution in [0.25, 0.3) is 22.4 Å². The molecule has 0 radical (unpaired) electrons. The lowest BCUT2D eigenvalue weighted by Gasteiger charge is -2.37. The van der Waals surface area contributed by atoms with E-state index in [4.69, 9.17) is 9.47 Å². The van der Waals surface area contributed by atoms with Crippen molar-refractivity contribution in [2.75, 3.05) is 46.9 Å². The third kappa shape index (κ3) is 5.87. The number of fused-ring (bicyclic) bond motifs is 3. The molecule has 6 rings (SSSR count). The molecule has 0 atom stereocenters. The van der Waals surface area contributed by atoms with Gasteiger partial charge in [0.15, 0.2) is 11.5 Å². The van der Waals surface area contributed by atoms with Gasteiger partial charge >= 0.3 is 5.97 Å². The third-order valence-corrected chi connectivity index (χ3v) is 9.51. The molecule has 3 aromatic rings. The van der Waals surface area contributed by atoms with Gasteiger partial charge in [0, 0.05) is 61.7 Å². The van der Waals surface area contributed by atoms with Crippen LogP contribution in [0.4, 0.5) is 0 Å². The number of aryl methyl sites for hydroxylation is 1. The quantitative estimate of drug-likeness (QED) is 0.346.